The zero-order valence-electron chi connectivity index (χ0n) is 8.14. The van der Waals surface area contributed by atoms with Crippen LogP contribution in [0, 0.1) is 0 Å². The highest BCUT2D eigenvalue weighted by Crippen LogP contribution is 2.21. The minimum absolute atomic E-state index is 0.173. The summed E-state index contributed by atoms with van der Waals surface area (Å²) in [6.07, 6.45) is 3.38. The van der Waals surface area contributed by atoms with E-state index in [4.69, 9.17) is 0 Å². The molecular formula is C9H16N2O2. The third kappa shape index (κ3) is 1.82. The molecule has 0 aliphatic carbocycles. The van der Waals surface area contributed by atoms with Gasteiger partial charge in [-0.3, -0.25) is 10.1 Å². The lowest BCUT2D eigenvalue weighted by Gasteiger charge is -2.23. The van der Waals surface area contributed by atoms with Crippen LogP contribution in [0.25, 0.3) is 0 Å². The van der Waals surface area contributed by atoms with Crippen molar-refractivity contribution in [2.24, 2.45) is 0 Å². The van der Waals surface area contributed by atoms with Crippen LogP contribution in [-0.2, 0) is 4.79 Å². The lowest BCUT2D eigenvalue weighted by Crippen LogP contribution is -2.46. The maximum Gasteiger partial charge on any atom is 0.322 e. The number of carbonyl (C=O) groups excluding carboxylic acids is 2. The number of urea groups is 1. The molecule has 2 N–H and O–H groups in total. The van der Waals surface area contributed by atoms with Crippen molar-refractivity contribution in [1.82, 2.24) is 10.6 Å². The molecular weight excluding hydrogens is 168 g/mol. The lowest BCUT2D eigenvalue weighted by atomic mass is 9.90. The van der Waals surface area contributed by atoms with Crippen LogP contribution >= 0.6 is 0 Å². The topological polar surface area (TPSA) is 58.2 Å². The molecule has 0 radical (unpaired) electrons. The van der Waals surface area contributed by atoms with Gasteiger partial charge in [0.2, 0.25) is 0 Å². The van der Waals surface area contributed by atoms with Gasteiger partial charge in [-0.25, -0.2) is 4.79 Å². The van der Waals surface area contributed by atoms with Crippen molar-refractivity contribution in [3.63, 3.8) is 0 Å². The van der Waals surface area contributed by atoms with Crippen LogP contribution in [0.5, 0.6) is 0 Å². The average Bonchev–Trinajstić information content (AvgIpc) is 2.38. The molecule has 0 aromatic rings. The van der Waals surface area contributed by atoms with Gasteiger partial charge < -0.3 is 5.32 Å². The number of hydrogen-bond acceptors (Lipinski definition) is 2. The van der Waals surface area contributed by atoms with E-state index in [-0.39, 0.29) is 11.9 Å². The third-order valence-electron chi connectivity index (χ3n) is 2.58. The zero-order valence-corrected chi connectivity index (χ0v) is 8.14. The highest BCUT2D eigenvalue weighted by atomic mass is 16.2. The van der Waals surface area contributed by atoms with E-state index in [2.05, 4.69) is 17.6 Å². The van der Waals surface area contributed by atoms with Crippen molar-refractivity contribution in [2.75, 3.05) is 0 Å². The van der Waals surface area contributed by atoms with Gasteiger partial charge in [0.1, 0.15) is 5.54 Å². The first-order valence-corrected chi connectivity index (χ1v) is 4.78. The predicted molar refractivity (Wildman–Crippen MR) is 49.2 cm³/mol. The SMILES string of the molecule is CCCCC1(CC)NC(=O)NC1=O. The summed E-state index contributed by atoms with van der Waals surface area (Å²) in [5.41, 5.74) is -0.632. The second-order valence-corrected chi connectivity index (χ2v) is 3.45. The Kier molecular flexibility index (Phi) is 2.90. The lowest BCUT2D eigenvalue weighted by molar-refractivity contribution is -0.124. The standard InChI is InChI=1S/C9H16N2O2/c1-3-5-6-9(4-2)7(12)10-8(13)11-9/h3-6H2,1-2H3,(H2,10,11,12,13). The predicted octanol–water partition coefficient (Wildman–Crippen LogP) is 1.16. The monoisotopic (exact) mass is 184 g/mol. The van der Waals surface area contributed by atoms with E-state index in [1.807, 2.05) is 6.92 Å². The Morgan fingerprint density at radius 3 is 2.38 bits per heavy atom. The largest absolute Gasteiger partial charge is 0.323 e. The van der Waals surface area contributed by atoms with Crippen molar-refractivity contribution >= 4 is 11.9 Å². The number of hydrogen-bond donors (Lipinski definition) is 2. The van der Waals surface area contributed by atoms with E-state index in [0.29, 0.717) is 6.42 Å². The summed E-state index contributed by atoms with van der Waals surface area (Å²) < 4.78 is 0. The number of rotatable bonds is 4. The first kappa shape index (κ1) is 10.0. The molecule has 1 fully saturated rings. The normalized spacial score (nSPS) is 27.2. The molecule has 74 valence electrons. The van der Waals surface area contributed by atoms with Crippen molar-refractivity contribution in [3.05, 3.63) is 0 Å². The molecule has 1 aliphatic heterocycles. The Morgan fingerprint density at radius 2 is 2.00 bits per heavy atom. The molecule has 4 nitrogen and oxygen atoms in total. The van der Waals surface area contributed by atoms with E-state index in [1.165, 1.54) is 0 Å². The van der Waals surface area contributed by atoms with E-state index in [0.717, 1.165) is 19.3 Å². The highest BCUT2D eigenvalue weighted by Gasteiger charge is 2.43. The molecule has 0 saturated carbocycles. The third-order valence-corrected chi connectivity index (χ3v) is 2.58. The minimum Gasteiger partial charge on any atom is -0.323 e. The quantitative estimate of drug-likeness (QED) is 0.644. The molecule has 1 unspecified atom stereocenters. The fourth-order valence-electron chi connectivity index (χ4n) is 1.61. The molecule has 13 heavy (non-hydrogen) atoms. The zero-order chi connectivity index (χ0) is 9.90. The highest BCUT2D eigenvalue weighted by molar-refractivity contribution is 6.06. The van der Waals surface area contributed by atoms with Gasteiger partial charge in [-0.2, -0.15) is 0 Å². The van der Waals surface area contributed by atoms with Gasteiger partial charge >= 0.3 is 6.03 Å². The van der Waals surface area contributed by atoms with Crippen LogP contribution in [0.4, 0.5) is 4.79 Å². The maximum atomic E-state index is 11.4. The smallest absolute Gasteiger partial charge is 0.322 e. The van der Waals surface area contributed by atoms with Crippen molar-refractivity contribution in [3.8, 4) is 0 Å². The second kappa shape index (κ2) is 3.77. The molecule has 1 rings (SSSR count). The average molecular weight is 184 g/mol. The van der Waals surface area contributed by atoms with Crippen molar-refractivity contribution < 1.29 is 9.59 Å². The van der Waals surface area contributed by atoms with Gasteiger partial charge in [0, 0.05) is 0 Å². The Labute approximate surface area is 78.1 Å². The molecule has 1 heterocycles. The minimum atomic E-state index is -0.632. The van der Waals surface area contributed by atoms with Crippen molar-refractivity contribution in [2.45, 2.75) is 45.1 Å². The van der Waals surface area contributed by atoms with Gasteiger partial charge in [-0.05, 0) is 12.8 Å². The van der Waals surface area contributed by atoms with Crippen LogP contribution in [0.3, 0.4) is 0 Å². The summed E-state index contributed by atoms with van der Waals surface area (Å²) in [5.74, 6) is -0.173. The number of imide groups is 1. The molecule has 0 bridgehead atoms. The fourth-order valence-corrected chi connectivity index (χ4v) is 1.61. The summed E-state index contributed by atoms with van der Waals surface area (Å²) in [4.78, 5) is 22.4. The Morgan fingerprint density at radius 1 is 1.31 bits per heavy atom. The van der Waals surface area contributed by atoms with Crippen LogP contribution in [0.15, 0.2) is 0 Å². The molecule has 1 atom stereocenters. The van der Waals surface area contributed by atoms with E-state index < -0.39 is 5.54 Å². The maximum absolute atomic E-state index is 11.4. The molecule has 3 amide bonds. The van der Waals surface area contributed by atoms with Crippen LogP contribution in [0.2, 0.25) is 0 Å². The van der Waals surface area contributed by atoms with Gasteiger partial charge in [-0.15, -0.1) is 0 Å². The fraction of sp³-hybridized carbons (Fsp3) is 0.778. The molecule has 0 aromatic heterocycles. The van der Waals surface area contributed by atoms with Crippen molar-refractivity contribution in [1.29, 1.82) is 0 Å². The molecule has 1 saturated heterocycles. The van der Waals surface area contributed by atoms with Gasteiger partial charge in [-0.1, -0.05) is 26.7 Å². The number of carbonyl (C=O) groups is 2. The Hall–Kier alpha value is -1.06. The van der Waals surface area contributed by atoms with Gasteiger partial charge in [0.25, 0.3) is 5.91 Å². The summed E-state index contributed by atoms with van der Waals surface area (Å²) in [6.45, 7) is 3.98. The molecule has 1 aliphatic rings. The van der Waals surface area contributed by atoms with E-state index in [9.17, 15) is 9.59 Å². The Bertz CT molecular complexity index is 228. The van der Waals surface area contributed by atoms with Crippen LogP contribution in [-0.4, -0.2) is 17.5 Å². The number of nitrogens with one attached hydrogen (secondary N) is 2. The number of unbranched alkanes of at least 4 members (excludes halogenated alkanes) is 1. The number of amides is 3. The van der Waals surface area contributed by atoms with Crippen LogP contribution in [0.1, 0.15) is 39.5 Å². The summed E-state index contributed by atoms with van der Waals surface area (Å²) in [5, 5.41) is 4.98. The molecule has 0 spiro atoms. The first-order chi connectivity index (χ1) is 6.14. The van der Waals surface area contributed by atoms with Gasteiger partial charge in [0.15, 0.2) is 0 Å². The summed E-state index contributed by atoms with van der Waals surface area (Å²) in [7, 11) is 0. The Balaban J connectivity index is 2.68. The molecule has 0 aromatic carbocycles. The van der Waals surface area contributed by atoms with E-state index >= 15 is 0 Å². The summed E-state index contributed by atoms with van der Waals surface area (Å²) in [6, 6.07) is -0.358. The molecule has 4 heteroatoms. The first-order valence-electron chi connectivity index (χ1n) is 4.78. The van der Waals surface area contributed by atoms with Gasteiger partial charge in [0.05, 0.1) is 0 Å². The second-order valence-electron chi connectivity index (χ2n) is 3.45. The van der Waals surface area contributed by atoms with E-state index in [1.54, 1.807) is 0 Å². The van der Waals surface area contributed by atoms with Crippen LogP contribution < -0.4 is 10.6 Å². The summed E-state index contributed by atoms with van der Waals surface area (Å²) >= 11 is 0.